The zero-order chi connectivity index (χ0) is 23.8. The van der Waals surface area contributed by atoms with E-state index in [-0.39, 0.29) is 35.0 Å². The van der Waals surface area contributed by atoms with Gasteiger partial charge >= 0.3 is 0 Å². The zero-order valence-corrected chi connectivity index (χ0v) is 20.4. The van der Waals surface area contributed by atoms with E-state index in [1.54, 1.807) is 45.7 Å². The first-order chi connectivity index (χ1) is 15.6. The minimum absolute atomic E-state index is 0.0798. The molecule has 4 rings (SSSR count). The van der Waals surface area contributed by atoms with Crippen molar-refractivity contribution in [2.24, 2.45) is 0 Å². The summed E-state index contributed by atoms with van der Waals surface area (Å²) in [5, 5.41) is 5.18. The fraction of sp³-hybridized carbons (Fsp3) is 0.409. The molecule has 1 atom stereocenters. The normalized spacial score (nSPS) is 17.4. The third kappa shape index (κ3) is 5.14. The Morgan fingerprint density at radius 1 is 1.33 bits per heavy atom. The van der Waals surface area contributed by atoms with Gasteiger partial charge in [-0.2, -0.15) is 5.10 Å². The summed E-state index contributed by atoms with van der Waals surface area (Å²) in [4.78, 5) is 18.7. The first-order valence-corrected chi connectivity index (χ1v) is 13.4. The quantitative estimate of drug-likeness (QED) is 0.472. The molecule has 2 aromatic heterocycles. The molecule has 176 valence electrons. The second-order valence-corrected chi connectivity index (χ2v) is 11.4. The van der Waals surface area contributed by atoms with Gasteiger partial charge in [0.15, 0.2) is 15.0 Å². The summed E-state index contributed by atoms with van der Waals surface area (Å²) < 4.78 is 40.9. The number of sulfone groups is 1. The van der Waals surface area contributed by atoms with E-state index in [2.05, 4.69) is 10.1 Å². The summed E-state index contributed by atoms with van der Waals surface area (Å²) in [6.45, 7) is 4.18. The summed E-state index contributed by atoms with van der Waals surface area (Å²) in [5.41, 5.74) is 3.26. The molecule has 0 radical (unpaired) electrons. The van der Waals surface area contributed by atoms with Crippen LogP contribution >= 0.6 is 11.8 Å². The number of amides is 1. The van der Waals surface area contributed by atoms with Crippen LogP contribution in [0, 0.1) is 19.7 Å². The van der Waals surface area contributed by atoms with Gasteiger partial charge in [0, 0.05) is 37.2 Å². The molecule has 0 bridgehead atoms. The van der Waals surface area contributed by atoms with Gasteiger partial charge in [0.2, 0.25) is 5.91 Å². The van der Waals surface area contributed by atoms with E-state index < -0.39 is 9.84 Å². The average Bonchev–Trinajstić information content (AvgIpc) is 3.45. The number of aryl methyl sites for hydroxylation is 1. The predicted octanol–water partition coefficient (Wildman–Crippen LogP) is 2.94. The number of hydrogen-bond acceptors (Lipinski definition) is 6. The van der Waals surface area contributed by atoms with Crippen LogP contribution in [0.1, 0.15) is 29.4 Å². The monoisotopic (exact) mass is 491 g/mol. The van der Waals surface area contributed by atoms with Crippen LogP contribution in [0.5, 0.6) is 0 Å². The highest BCUT2D eigenvalue weighted by molar-refractivity contribution is 7.99. The van der Waals surface area contributed by atoms with Crippen molar-refractivity contribution in [3.8, 4) is 5.69 Å². The molecule has 11 heteroatoms. The maximum Gasteiger partial charge on any atom is 0.233 e. The summed E-state index contributed by atoms with van der Waals surface area (Å²) >= 11 is 1.29. The molecule has 3 heterocycles. The zero-order valence-electron chi connectivity index (χ0n) is 18.7. The van der Waals surface area contributed by atoms with Crippen LogP contribution in [0.15, 0.2) is 41.8 Å². The van der Waals surface area contributed by atoms with E-state index in [0.717, 1.165) is 17.0 Å². The summed E-state index contributed by atoms with van der Waals surface area (Å²) in [7, 11) is -1.28. The van der Waals surface area contributed by atoms with Gasteiger partial charge in [0.05, 0.1) is 34.7 Å². The maximum absolute atomic E-state index is 13.6. The lowest BCUT2D eigenvalue weighted by molar-refractivity contribution is -0.127. The minimum atomic E-state index is -3.01. The number of thioether (sulfide) groups is 1. The number of nitrogens with zero attached hydrogens (tertiary/aromatic N) is 5. The largest absolute Gasteiger partial charge is 0.341 e. The van der Waals surface area contributed by atoms with E-state index in [1.807, 2.05) is 13.8 Å². The van der Waals surface area contributed by atoms with Gasteiger partial charge in [0.1, 0.15) is 5.82 Å². The minimum Gasteiger partial charge on any atom is -0.341 e. The Kier molecular flexibility index (Phi) is 6.62. The Morgan fingerprint density at radius 2 is 2.12 bits per heavy atom. The van der Waals surface area contributed by atoms with E-state index >= 15 is 0 Å². The van der Waals surface area contributed by atoms with Crippen LogP contribution in [0.3, 0.4) is 0 Å². The van der Waals surface area contributed by atoms with E-state index in [0.29, 0.717) is 23.8 Å². The number of hydrogen-bond donors (Lipinski definition) is 0. The lowest BCUT2D eigenvalue weighted by Gasteiger charge is -2.18. The molecular weight excluding hydrogens is 465 g/mol. The molecule has 0 spiro atoms. The molecule has 3 aromatic rings. The van der Waals surface area contributed by atoms with Crippen molar-refractivity contribution >= 4 is 27.5 Å². The number of carbonyl (C=O) groups is 1. The highest BCUT2D eigenvalue weighted by atomic mass is 32.2. The molecule has 1 saturated heterocycles. The Hall–Kier alpha value is -2.66. The van der Waals surface area contributed by atoms with E-state index in [1.165, 1.54) is 23.9 Å². The van der Waals surface area contributed by atoms with Crippen molar-refractivity contribution in [2.75, 3.05) is 24.3 Å². The molecule has 33 heavy (non-hydrogen) atoms. The van der Waals surface area contributed by atoms with Crippen LogP contribution in [0.25, 0.3) is 5.69 Å². The molecular formula is C22H26FN5O3S2. The number of imidazole rings is 1. The Bertz CT molecular complexity index is 1280. The van der Waals surface area contributed by atoms with E-state index in [9.17, 15) is 17.6 Å². The second-order valence-electron chi connectivity index (χ2n) is 8.25. The number of benzene rings is 1. The molecule has 0 N–H and O–H groups in total. The van der Waals surface area contributed by atoms with Crippen LogP contribution in [-0.2, 0) is 21.2 Å². The van der Waals surface area contributed by atoms with Gasteiger partial charge in [-0.3, -0.25) is 14.0 Å². The van der Waals surface area contributed by atoms with Crippen molar-refractivity contribution in [3.63, 3.8) is 0 Å². The van der Waals surface area contributed by atoms with Crippen molar-refractivity contribution in [1.29, 1.82) is 0 Å². The molecule has 1 aromatic carbocycles. The molecule has 1 aliphatic rings. The molecule has 1 fully saturated rings. The molecule has 8 nitrogen and oxygen atoms in total. The first kappa shape index (κ1) is 23.5. The summed E-state index contributed by atoms with van der Waals surface area (Å²) in [6, 6.07) is 6.05. The van der Waals surface area contributed by atoms with Gasteiger partial charge < -0.3 is 4.90 Å². The number of halogens is 1. The lowest BCUT2D eigenvalue weighted by Crippen LogP contribution is -2.28. The Morgan fingerprint density at radius 3 is 2.82 bits per heavy atom. The molecule has 1 aliphatic heterocycles. The van der Waals surface area contributed by atoms with Gasteiger partial charge in [-0.25, -0.2) is 17.8 Å². The third-order valence-corrected chi connectivity index (χ3v) is 8.57. The van der Waals surface area contributed by atoms with Gasteiger partial charge in [0.25, 0.3) is 0 Å². The summed E-state index contributed by atoms with van der Waals surface area (Å²) in [6.07, 6.45) is 3.91. The fourth-order valence-electron chi connectivity index (χ4n) is 4.03. The number of carbonyl (C=O) groups excluding carboxylic acids is 1. The van der Waals surface area contributed by atoms with Crippen molar-refractivity contribution in [3.05, 3.63) is 59.4 Å². The summed E-state index contributed by atoms with van der Waals surface area (Å²) in [5.74, 6) is 0.0540. The van der Waals surface area contributed by atoms with Crippen molar-refractivity contribution < 1.29 is 17.6 Å². The lowest BCUT2D eigenvalue weighted by atomic mass is 10.1. The fourth-order valence-corrected chi connectivity index (χ4v) is 6.64. The molecule has 1 amide bonds. The molecule has 0 saturated carbocycles. The second kappa shape index (κ2) is 9.30. The smallest absolute Gasteiger partial charge is 0.233 e. The standard InChI is InChI=1S/C22H26FN5O3S2/c1-15-20(16(2)28(25-15)19-7-10-33(30,31)14-19)12-26(3)21(29)13-32-22-24-8-9-27(22)18-6-4-5-17(23)11-18/h4-6,8-9,11,19H,7,10,12-14H2,1-3H3/t19-/m1/s1. The first-order valence-electron chi connectivity index (χ1n) is 10.6. The van der Waals surface area contributed by atoms with Crippen molar-refractivity contribution in [1.82, 2.24) is 24.2 Å². The van der Waals surface area contributed by atoms with Crippen LogP contribution in [0.2, 0.25) is 0 Å². The van der Waals surface area contributed by atoms with Crippen LogP contribution in [-0.4, -0.2) is 62.9 Å². The molecule has 0 aliphatic carbocycles. The SMILES string of the molecule is Cc1nn([C@@H]2CCS(=O)(=O)C2)c(C)c1CN(C)C(=O)CSc1nccn1-c1cccc(F)c1. The van der Waals surface area contributed by atoms with Crippen LogP contribution < -0.4 is 0 Å². The van der Waals surface area contributed by atoms with Crippen LogP contribution in [0.4, 0.5) is 4.39 Å². The highest BCUT2D eigenvalue weighted by Gasteiger charge is 2.31. The van der Waals surface area contributed by atoms with E-state index in [4.69, 9.17) is 0 Å². The third-order valence-electron chi connectivity index (χ3n) is 5.87. The topological polar surface area (TPSA) is 90.1 Å². The average molecular weight is 492 g/mol. The number of aromatic nitrogens is 4. The van der Waals surface area contributed by atoms with Gasteiger partial charge in [-0.15, -0.1) is 0 Å². The predicted molar refractivity (Wildman–Crippen MR) is 125 cm³/mol. The van der Waals surface area contributed by atoms with Gasteiger partial charge in [-0.05, 0) is 38.5 Å². The van der Waals surface area contributed by atoms with Crippen molar-refractivity contribution in [2.45, 2.75) is 38.0 Å². The molecule has 0 unspecified atom stereocenters. The Labute approximate surface area is 196 Å². The van der Waals surface area contributed by atoms with Gasteiger partial charge in [-0.1, -0.05) is 17.8 Å². The highest BCUT2D eigenvalue weighted by Crippen LogP contribution is 2.27. The Balaban J connectivity index is 1.41. The number of rotatable bonds is 7. The maximum atomic E-state index is 13.6.